The minimum absolute atomic E-state index is 0.0582. The van der Waals surface area contributed by atoms with Crippen molar-refractivity contribution in [3.63, 3.8) is 0 Å². The molecular weight excluding hydrogens is 344 g/mol. The SMILES string of the molecule is Cc1cc(C)nc(N2CCC[C@H](C(=O)NCc3ccc4c(c3)OCO4)C2)n1. The van der Waals surface area contributed by atoms with E-state index in [0.717, 1.165) is 53.8 Å². The molecule has 142 valence electrons. The number of nitrogens with zero attached hydrogens (tertiary/aromatic N) is 3. The molecule has 7 nitrogen and oxygen atoms in total. The van der Waals surface area contributed by atoms with Gasteiger partial charge in [-0.2, -0.15) is 0 Å². The van der Waals surface area contributed by atoms with Gasteiger partial charge < -0.3 is 19.7 Å². The number of fused-ring (bicyclic) bond motifs is 1. The third-order valence-corrected chi connectivity index (χ3v) is 4.95. The van der Waals surface area contributed by atoms with Crippen LogP contribution in [-0.4, -0.2) is 35.8 Å². The van der Waals surface area contributed by atoms with E-state index in [1.165, 1.54) is 0 Å². The predicted octanol–water partition coefficient (Wildman–Crippen LogP) is 2.35. The van der Waals surface area contributed by atoms with Gasteiger partial charge in [-0.15, -0.1) is 0 Å². The molecule has 2 aliphatic heterocycles. The number of hydrogen-bond donors (Lipinski definition) is 1. The molecule has 0 saturated carbocycles. The number of aryl methyl sites for hydroxylation is 2. The largest absolute Gasteiger partial charge is 0.454 e. The highest BCUT2D eigenvalue weighted by Crippen LogP contribution is 2.32. The number of hydrogen-bond acceptors (Lipinski definition) is 6. The van der Waals surface area contributed by atoms with Crippen LogP contribution in [0.5, 0.6) is 11.5 Å². The van der Waals surface area contributed by atoms with Gasteiger partial charge in [-0.25, -0.2) is 9.97 Å². The number of amides is 1. The fourth-order valence-electron chi connectivity index (χ4n) is 3.61. The van der Waals surface area contributed by atoms with Crippen LogP contribution < -0.4 is 19.7 Å². The zero-order chi connectivity index (χ0) is 18.8. The van der Waals surface area contributed by atoms with Crippen LogP contribution in [0.3, 0.4) is 0 Å². The lowest BCUT2D eigenvalue weighted by molar-refractivity contribution is -0.125. The van der Waals surface area contributed by atoms with E-state index in [1.54, 1.807) is 0 Å². The van der Waals surface area contributed by atoms with E-state index in [2.05, 4.69) is 20.2 Å². The third-order valence-electron chi connectivity index (χ3n) is 4.95. The third kappa shape index (κ3) is 3.97. The topological polar surface area (TPSA) is 76.6 Å². The molecule has 1 amide bonds. The number of carbonyl (C=O) groups is 1. The lowest BCUT2D eigenvalue weighted by Gasteiger charge is -2.32. The smallest absolute Gasteiger partial charge is 0.231 e. The summed E-state index contributed by atoms with van der Waals surface area (Å²) in [5.74, 6) is 2.22. The van der Waals surface area contributed by atoms with Gasteiger partial charge >= 0.3 is 0 Å². The first kappa shape index (κ1) is 17.6. The quantitative estimate of drug-likeness (QED) is 0.893. The van der Waals surface area contributed by atoms with Crippen LogP contribution in [0.2, 0.25) is 0 Å². The van der Waals surface area contributed by atoms with Crippen LogP contribution in [0, 0.1) is 19.8 Å². The van der Waals surface area contributed by atoms with E-state index in [4.69, 9.17) is 9.47 Å². The summed E-state index contributed by atoms with van der Waals surface area (Å²) >= 11 is 0. The van der Waals surface area contributed by atoms with Crippen molar-refractivity contribution < 1.29 is 14.3 Å². The summed E-state index contributed by atoms with van der Waals surface area (Å²) in [5, 5.41) is 3.05. The highest BCUT2D eigenvalue weighted by molar-refractivity contribution is 5.79. The second kappa shape index (κ2) is 7.42. The van der Waals surface area contributed by atoms with Crippen molar-refractivity contribution in [2.45, 2.75) is 33.2 Å². The highest BCUT2D eigenvalue weighted by atomic mass is 16.7. The molecule has 2 aliphatic rings. The van der Waals surface area contributed by atoms with E-state index < -0.39 is 0 Å². The average molecular weight is 368 g/mol. The Labute approximate surface area is 158 Å². The Hall–Kier alpha value is -2.83. The van der Waals surface area contributed by atoms with Gasteiger partial charge in [-0.05, 0) is 50.5 Å². The van der Waals surface area contributed by atoms with E-state index in [1.807, 2.05) is 38.1 Å². The first-order chi connectivity index (χ1) is 13.1. The van der Waals surface area contributed by atoms with Gasteiger partial charge in [0.25, 0.3) is 0 Å². The molecule has 0 aliphatic carbocycles. The summed E-state index contributed by atoms with van der Waals surface area (Å²) in [5.41, 5.74) is 2.90. The number of ether oxygens (including phenoxy) is 2. The van der Waals surface area contributed by atoms with Crippen molar-refractivity contribution in [3.8, 4) is 11.5 Å². The molecule has 3 heterocycles. The molecule has 1 fully saturated rings. The number of nitrogens with one attached hydrogen (secondary N) is 1. The van der Waals surface area contributed by atoms with Crippen molar-refractivity contribution in [2.24, 2.45) is 5.92 Å². The predicted molar refractivity (Wildman–Crippen MR) is 101 cm³/mol. The van der Waals surface area contributed by atoms with Gasteiger partial charge in [-0.3, -0.25) is 4.79 Å². The maximum atomic E-state index is 12.7. The van der Waals surface area contributed by atoms with Gasteiger partial charge in [0.2, 0.25) is 18.6 Å². The Balaban J connectivity index is 1.37. The van der Waals surface area contributed by atoms with Crippen LogP contribution in [0.15, 0.2) is 24.3 Å². The Morgan fingerprint density at radius 1 is 1.19 bits per heavy atom. The molecule has 1 N–H and O–H groups in total. The first-order valence-electron chi connectivity index (χ1n) is 9.32. The average Bonchev–Trinajstić information content (AvgIpc) is 3.13. The summed E-state index contributed by atoms with van der Waals surface area (Å²) in [6.45, 7) is 6.20. The molecule has 0 radical (unpaired) electrons. The Morgan fingerprint density at radius 3 is 2.78 bits per heavy atom. The van der Waals surface area contributed by atoms with E-state index in [0.29, 0.717) is 13.1 Å². The molecule has 1 saturated heterocycles. The van der Waals surface area contributed by atoms with Gasteiger partial charge in [0.1, 0.15) is 0 Å². The number of aromatic nitrogens is 2. The minimum atomic E-state index is -0.0582. The van der Waals surface area contributed by atoms with Crippen molar-refractivity contribution >= 4 is 11.9 Å². The molecule has 7 heteroatoms. The monoisotopic (exact) mass is 368 g/mol. The van der Waals surface area contributed by atoms with Crippen molar-refractivity contribution in [1.82, 2.24) is 15.3 Å². The van der Waals surface area contributed by atoms with Crippen LogP contribution in [0.4, 0.5) is 5.95 Å². The minimum Gasteiger partial charge on any atom is -0.454 e. The van der Waals surface area contributed by atoms with Crippen molar-refractivity contribution in [1.29, 1.82) is 0 Å². The fourth-order valence-corrected chi connectivity index (χ4v) is 3.61. The zero-order valence-electron chi connectivity index (χ0n) is 15.7. The van der Waals surface area contributed by atoms with Gasteiger partial charge in [-0.1, -0.05) is 6.07 Å². The molecule has 1 atom stereocenters. The molecule has 2 aromatic rings. The number of piperidine rings is 1. The zero-order valence-corrected chi connectivity index (χ0v) is 15.7. The van der Waals surface area contributed by atoms with Crippen molar-refractivity contribution in [3.05, 3.63) is 41.2 Å². The van der Waals surface area contributed by atoms with E-state index >= 15 is 0 Å². The second-order valence-electron chi connectivity index (χ2n) is 7.14. The molecule has 0 bridgehead atoms. The van der Waals surface area contributed by atoms with Crippen LogP contribution >= 0.6 is 0 Å². The fraction of sp³-hybridized carbons (Fsp3) is 0.450. The van der Waals surface area contributed by atoms with Crippen LogP contribution in [0.1, 0.15) is 29.8 Å². The molecule has 27 heavy (non-hydrogen) atoms. The van der Waals surface area contributed by atoms with Gasteiger partial charge in [0, 0.05) is 31.0 Å². The summed E-state index contributed by atoms with van der Waals surface area (Å²) < 4.78 is 10.7. The van der Waals surface area contributed by atoms with E-state index in [-0.39, 0.29) is 18.6 Å². The summed E-state index contributed by atoms with van der Waals surface area (Å²) in [6, 6.07) is 7.70. The highest BCUT2D eigenvalue weighted by Gasteiger charge is 2.27. The lowest BCUT2D eigenvalue weighted by atomic mass is 9.97. The normalized spacial score (nSPS) is 18.4. The lowest BCUT2D eigenvalue weighted by Crippen LogP contribution is -2.43. The number of carbonyl (C=O) groups excluding carboxylic acids is 1. The maximum absolute atomic E-state index is 12.7. The van der Waals surface area contributed by atoms with Gasteiger partial charge in [0.15, 0.2) is 11.5 Å². The molecule has 0 unspecified atom stereocenters. The summed E-state index contributed by atoms with van der Waals surface area (Å²) in [4.78, 5) is 23.9. The molecular formula is C20H24N4O3. The first-order valence-corrected chi connectivity index (χ1v) is 9.32. The van der Waals surface area contributed by atoms with Crippen LogP contribution in [0.25, 0.3) is 0 Å². The second-order valence-corrected chi connectivity index (χ2v) is 7.14. The maximum Gasteiger partial charge on any atom is 0.231 e. The van der Waals surface area contributed by atoms with E-state index in [9.17, 15) is 4.79 Å². The Morgan fingerprint density at radius 2 is 1.96 bits per heavy atom. The molecule has 0 spiro atoms. The Kier molecular flexibility index (Phi) is 4.83. The number of benzene rings is 1. The molecule has 1 aromatic heterocycles. The van der Waals surface area contributed by atoms with Crippen molar-refractivity contribution in [2.75, 3.05) is 24.8 Å². The number of rotatable bonds is 4. The summed E-state index contributed by atoms with van der Waals surface area (Å²) in [7, 11) is 0. The molecule has 1 aromatic carbocycles. The summed E-state index contributed by atoms with van der Waals surface area (Å²) in [6.07, 6.45) is 1.84. The Bertz CT molecular complexity index is 835. The standard InChI is InChI=1S/C20H24N4O3/c1-13-8-14(2)23-20(22-13)24-7-3-4-16(11-24)19(25)21-10-15-5-6-17-18(9-15)27-12-26-17/h5-6,8-9,16H,3-4,7,10-12H2,1-2H3,(H,21,25)/t16-/m0/s1. The molecule has 4 rings (SSSR count). The van der Waals surface area contributed by atoms with Gasteiger partial charge in [0.05, 0.1) is 5.92 Å². The number of anilines is 1. The van der Waals surface area contributed by atoms with Crippen LogP contribution in [-0.2, 0) is 11.3 Å².